The highest BCUT2D eigenvalue weighted by Gasteiger charge is 2.57. The zero-order chi connectivity index (χ0) is 36.9. The van der Waals surface area contributed by atoms with Crippen LogP contribution in [-0.4, -0.2) is 75.4 Å². The second kappa shape index (κ2) is 17.0. The van der Waals surface area contributed by atoms with Gasteiger partial charge in [-0.25, -0.2) is 0 Å². The van der Waals surface area contributed by atoms with Crippen molar-refractivity contribution in [3.8, 4) is 0 Å². The van der Waals surface area contributed by atoms with Gasteiger partial charge in [0.05, 0.1) is 47.4 Å². The summed E-state index contributed by atoms with van der Waals surface area (Å²) >= 11 is 30.4. The Labute approximate surface area is 318 Å². The van der Waals surface area contributed by atoms with Crippen LogP contribution in [-0.2, 0) is 46.5 Å². The molecule has 3 aromatic rings. The lowest BCUT2D eigenvalue weighted by molar-refractivity contribution is -0.276. The summed E-state index contributed by atoms with van der Waals surface area (Å²) in [6, 6.07) is 19.1. The smallest absolute Gasteiger partial charge is 0.306 e. The lowest BCUT2D eigenvalue weighted by Crippen LogP contribution is -2.67. The zero-order valence-electron chi connectivity index (χ0n) is 26.9. The van der Waals surface area contributed by atoms with E-state index in [0.29, 0.717) is 5.56 Å². The van der Waals surface area contributed by atoms with Crippen LogP contribution in [0.25, 0.3) is 0 Å². The number of rotatable bonds is 13. The Morgan fingerprint density at radius 3 is 1.90 bits per heavy atom. The van der Waals surface area contributed by atoms with Crippen molar-refractivity contribution in [2.24, 2.45) is 0 Å². The van der Waals surface area contributed by atoms with Crippen molar-refractivity contribution < 1.29 is 42.9 Å². The van der Waals surface area contributed by atoms with Gasteiger partial charge < -0.3 is 28.5 Å². The van der Waals surface area contributed by atoms with Crippen LogP contribution in [0.1, 0.15) is 51.6 Å². The quantitative estimate of drug-likeness (QED) is 0.0629. The van der Waals surface area contributed by atoms with E-state index < -0.39 is 58.1 Å². The maximum absolute atomic E-state index is 14.1. The number of benzene rings is 3. The fourth-order valence-electron chi connectivity index (χ4n) is 5.56. The number of fused-ring (bicyclic) bond motifs is 1. The molecule has 0 spiro atoms. The van der Waals surface area contributed by atoms with E-state index >= 15 is 0 Å². The number of ether oxygens (including phenoxy) is 5. The van der Waals surface area contributed by atoms with Crippen molar-refractivity contribution in [2.45, 2.75) is 67.4 Å². The van der Waals surface area contributed by atoms with E-state index in [1.54, 1.807) is 24.3 Å². The normalized spacial score (nSPS) is 21.7. The molecule has 2 aliphatic heterocycles. The molecule has 0 radical (unpaired) electrons. The van der Waals surface area contributed by atoms with Crippen LogP contribution in [0.3, 0.4) is 0 Å². The summed E-state index contributed by atoms with van der Waals surface area (Å²) in [5.41, 5.74) is 1.37. The first kappa shape index (κ1) is 39.0. The van der Waals surface area contributed by atoms with Crippen LogP contribution in [0, 0.1) is 5.41 Å². The van der Waals surface area contributed by atoms with Crippen molar-refractivity contribution in [1.29, 1.82) is 5.41 Å². The Balaban J connectivity index is 1.59. The van der Waals surface area contributed by atoms with E-state index in [9.17, 15) is 19.2 Å². The van der Waals surface area contributed by atoms with Gasteiger partial charge in [0.25, 0.3) is 15.6 Å². The molecule has 1 N–H and O–H groups in total. The lowest BCUT2D eigenvalue weighted by atomic mass is 9.94. The predicted molar refractivity (Wildman–Crippen MR) is 189 cm³/mol. The van der Waals surface area contributed by atoms with Crippen LogP contribution in [0.15, 0.2) is 72.8 Å². The van der Waals surface area contributed by atoms with Crippen molar-refractivity contribution in [2.75, 3.05) is 6.61 Å². The van der Waals surface area contributed by atoms with Gasteiger partial charge in [0, 0.05) is 6.42 Å². The Bertz CT molecular complexity index is 1730. The van der Waals surface area contributed by atoms with Crippen molar-refractivity contribution in [3.63, 3.8) is 0 Å². The monoisotopic (exact) mass is 798 g/mol. The first-order valence-electron chi connectivity index (χ1n) is 15.6. The highest BCUT2D eigenvalue weighted by atomic mass is 35.6. The summed E-state index contributed by atoms with van der Waals surface area (Å²) in [6.45, 7) is 1.13. The van der Waals surface area contributed by atoms with Crippen molar-refractivity contribution >= 4 is 87.5 Å². The average Bonchev–Trinajstić information content (AvgIpc) is 3.32. The fraction of sp³-hybridized carbons (Fsp3) is 0.343. The second-order valence-corrected chi connectivity index (χ2v) is 14.8. The number of nitrogens with one attached hydrogen (secondary N) is 1. The Hall–Kier alpha value is -3.26. The van der Waals surface area contributed by atoms with Crippen LogP contribution in [0.4, 0.5) is 0 Å². The van der Waals surface area contributed by atoms with Gasteiger partial charge in [0.1, 0.15) is 24.0 Å². The molecule has 0 unspecified atom stereocenters. The molecule has 3 aromatic carbocycles. The van der Waals surface area contributed by atoms with Crippen LogP contribution in [0.2, 0.25) is 10.0 Å². The molecule has 0 saturated carbocycles. The number of nitrogens with zero attached hydrogens (tertiary/aromatic N) is 1. The largest absolute Gasteiger partial charge is 0.457 e. The van der Waals surface area contributed by atoms with E-state index in [2.05, 4.69) is 0 Å². The molecule has 0 bridgehead atoms. The molecule has 270 valence electrons. The molecule has 5 rings (SSSR count). The summed E-state index contributed by atoms with van der Waals surface area (Å²) in [5.74, 6) is -3.58. The van der Waals surface area contributed by atoms with Gasteiger partial charge in [-0.3, -0.25) is 24.7 Å². The Morgan fingerprint density at radius 2 is 1.37 bits per heavy atom. The van der Waals surface area contributed by atoms with Gasteiger partial charge in [-0.05, 0) is 30.2 Å². The van der Waals surface area contributed by atoms with Gasteiger partial charge >= 0.3 is 5.97 Å². The molecular weight excluding hydrogens is 770 g/mol. The van der Waals surface area contributed by atoms with Gasteiger partial charge in [-0.15, -0.1) is 0 Å². The molecule has 2 amide bonds. The summed E-state index contributed by atoms with van der Waals surface area (Å²) < 4.78 is 28.1. The lowest BCUT2D eigenvalue weighted by Gasteiger charge is -2.47. The van der Waals surface area contributed by atoms with Gasteiger partial charge in [0.15, 0.2) is 6.10 Å². The summed E-state index contributed by atoms with van der Waals surface area (Å²) in [7, 11) is 0. The molecule has 16 heteroatoms. The number of Topliss-reactive ketones (excluding diaryl/α,β-unsaturated/α-hetero) is 1. The number of hydrogen-bond donors (Lipinski definition) is 1. The van der Waals surface area contributed by atoms with E-state index in [-0.39, 0.29) is 59.6 Å². The second-order valence-electron chi connectivity index (χ2n) is 11.7. The predicted octanol–water partition coefficient (Wildman–Crippen LogP) is 7.13. The summed E-state index contributed by atoms with van der Waals surface area (Å²) in [6.07, 6.45) is -6.06. The molecule has 2 heterocycles. The number of ketones is 1. The van der Waals surface area contributed by atoms with Crippen LogP contribution >= 0.6 is 58.0 Å². The molecule has 5 atom stereocenters. The third-order valence-corrected chi connectivity index (χ3v) is 9.23. The fourth-order valence-corrected chi connectivity index (χ4v) is 6.02. The van der Waals surface area contributed by atoms with Crippen LogP contribution < -0.4 is 0 Å². The van der Waals surface area contributed by atoms with E-state index in [4.69, 9.17) is 87.1 Å². The number of carbonyl (C=O) groups excluding carboxylic acids is 4. The van der Waals surface area contributed by atoms with Gasteiger partial charge in [-0.2, -0.15) is 0 Å². The molecule has 11 nitrogen and oxygen atoms in total. The third-order valence-electron chi connectivity index (χ3n) is 7.99. The minimum absolute atomic E-state index is 0.0221. The molecule has 51 heavy (non-hydrogen) atoms. The van der Waals surface area contributed by atoms with E-state index in [1.165, 1.54) is 19.1 Å². The first-order chi connectivity index (χ1) is 24.2. The minimum Gasteiger partial charge on any atom is -0.457 e. The topological polar surface area (TPSA) is 142 Å². The number of esters is 1. The van der Waals surface area contributed by atoms with Crippen molar-refractivity contribution in [1.82, 2.24) is 4.90 Å². The molecule has 1 saturated heterocycles. The Morgan fingerprint density at radius 1 is 0.824 bits per heavy atom. The van der Waals surface area contributed by atoms with Crippen molar-refractivity contribution in [3.05, 3.63) is 105 Å². The number of hydrogen-bond acceptors (Lipinski definition) is 10. The molecule has 0 aromatic heterocycles. The third kappa shape index (κ3) is 9.60. The Kier molecular flexibility index (Phi) is 13.0. The van der Waals surface area contributed by atoms with Gasteiger partial charge in [-0.1, -0.05) is 119 Å². The maximum atomic E-state index is 14.1. The number of amides is 2. The van der Waals surface area contributed by atoms with E-state index in [1.807, 2.05) is 36.4 Å². The highest BCUT2D eigenvalue weighted by molar-refractivity contribution is 6.76. The molecule has 2 aliphatic rings. The number of carbonyl (C=O) groups is 4. The number of imide groups is 1. The molecule has 1 fully saturated rings. The zero-order valence-corrected chi connectivity index (χ0v) is 30.6. The van der Waals surface area contributed by atoms with Crippen LogP contribution in [0.5, 0.6) is 0 Å². The van der Waals surface area contributed by atoms with Gasteiger partial charge in [0.2, 0.25) is 12.2 Å². The number of alkyl halides is 3. The SMILES string of the molecule is CC(=O)CCC(=O)O[C@H]1[C@H](OCc2ccccc2)[C@@H](N2C(=O)c3cc(Cl)c(Cl)cc3C2=O)[C@H](OC(=N)C(Cl)(Cl)Cl)O[C@@H]1COCc1ccccc1. The summed E-state index contributed by atoms with van der Waals surface area (Å²) in [5, 5.41) is 8.43. The molecular formula is C35H31Cl5N2O9. The summed E-state index contributed by atoms with van der Waals surface area (Å²) in [4.78, 5) is 53.9. The number of halogens is 5. The first-order valence-corrected chi connectivity index (χ1v) is 17.4. The molecule has 0 aliphatic carbocycles. The standard InChI is InChI=1S/C35H31Cl5N2O9/c1-19(43)12-13-27(44)50-29-26(18-47-16-20-8-4-2-5-9-20)49-33(51-34(41)35(38,39)40)28(30(29)48-17-21-10-6-3-7-11-21)42-31(45)22-14-24(36)25(37)15-23(22)32(42)46/h2-11,14-15,26,28-30,33,41H,12-13,16-18H2,1H3/t26-,28-,29-,30-,33+/m1/s1. The highest BCUT2D eigenvalue weighted by Crippen LogP contribution is 2.39. The minimum atomic E-state index is -2.38. The average molecular weight is 801 g/mol. The maximum Gasteiger partial charge on any atom is 0.306 e. The van der Waals surface area contributed by atoms with E-state index in [0.717, 1.165) is 10.5 Å².